The lowest BCUT2D eigenvalue weighted by atomic mass is 10.0. The highest BCUT2D eigenvalue weighted by molar-refractivity contribution is 6.09. The minimum atomic E-state index is -0.738. The first-order chi connectivity index (χ1) is 15.3. The van der Waals surface area contributed by atoms with Crippen molar-refractivity contribution in [1.29, 1.82) is 0 Å². The first-order valence-corrected chi connectivity index (χ1v) is 10.2. The SMILES string of the molecule is Cc1cc(F)cc(-n2nc(C(N)=O)c3c2C(=O)N(c2ccc(N4CCC4=O)cc2)CC3)c1. The molecule has 0 radical (unpaired) electrons. The van der Waals surface area contributed by atoms with E-state index in [0.29, 0.717) is 48.4 Å². The predicted molar refractivity (Wildman–Crippen MR) is 116 cm³/mol. The van der Waals surface area contributed by atoms with Crippen LogP contribution in [0.2, 0.25) is 0 Å². The van der Waals surface area contributed by atoms with Crippen LogP contribution in [-0.2, 0) is 11.2 Å². The van der Waals surface area contributed by atoms with Gasteiger partial charge in [0.25, 0.3) is 11.8 Å². The van der Waals surface area contributed by atoms with Gasteiger partial charge in [0.2, 0.25) is 5.91 Å². The summed E-state index contributed by atoms with van der Waals surface area (Å²) in [4.78, 5) is 40.4. The third kappa shape index (κ3) is 3.13. The fourth-order valence-corrected chi connectivity index (χ4v) is 4.23. The van der Waals surface area contributed by atoms with Crippen molar-refractivity contribution >= 4 is 29.1 Å². The number of anilines is 2. The molecule has 3 aromatic rings. The molecule has 32 heavy (non-hydrogen) atoms. The summed E-state index contributed by atoms with van der Waals surface area (Å²) in [6.45, 7) is 2.75. The molecule has 2 aliphatic rings. The Hall–Kier alpha value is -4.01. The highest BCUT2D eigenvalue weighted by Gasteiger charge is 2.35. The Morgan fingerprint density at radius 2 is 1.62 bits per heavy atom. The van der Waals surface area contributed by atoms with E-state index in [4.69, 9.17) is 5.73 Å². The number of nitrogens with two attached hydrogens (primary N) is 1. The van der Waals surface area contributed by atoms with E-state index in [1.807, 2.05) is 0 Å². The molecule has 1 aromatic heterocycles. The molecule has 2 N–H and O–H groups in total. The van der Waals surface area contributed by atoms with Crippen LogP contribution in [-0.4, -0.2) is 40.6 Å². The lowest BCUT2D eigenvalue weighted by molar-refractivity contribution is -0.122. The van der Waals surface area contributed by atoms with E-state index in [2.05, 4.69) is 5.10 Å². The predicted octanol–water partition coefficient (Wildman–Crippen LogP) is 2.36. The van der Waals surface area contributed by atoms with Crippen LogP contribution in [0.5, 0.6) is 0 Å². The van der Waals surface area contributed by atoms with Crippen molar-refractivity contribution < 1.29 is 18.8 Å². The summed E-state index contributed by atoms with van der Waals surface area (Å²) in [5, 5.41) is 4.27. The lowest BCUT2D eigenvalue weighted by Crippen LogP contribution is -2.43. The topological polar surface area (TPSA) is 102 Å². The quantitative estimate of drug-likeness (QED) is 0.638. The van der Waals surface area contributed by atoms with Gasteiger partial charge in [0, 0.05) is 36.4 Å². The van der Waals surface area contributed by atoms with E-state index in [1.54, 1.807) is 47.1 Å². The smallest absolute Gasteiger partial charge is 0.277 e. The first kappa shape index (κ1) is 19.9. The monoisotopic (exact) mass is 433 g/mol. The second-order valence-corrected chi connectivity index (χ2v) is 7.96. The average molecular weight is 433 g/mol. The Bertz CT molecular complexity index is 1260. The number of β-lactam (4-membered cyclic amide) rings is 1. The highest BCUT2D eigenvalue weighted by Crippen LogP contribution is 2.31. The number of primary amides is 1. The van der Waals surface area contributed by atoms with Gasteiger partial charge in [-0.2, -0.15) is 5.10 Å². The molecule has 1 fully saturated rings. The molecule has 0 aliphatic carbocycles. The zero-order valence-corrected chi connectivity index (χ0v) is 17.3. The Balaban J connectivity index is 1.55. The second-order valence-electron chi connectivity index (χ2n) is 7.96. The van der Waals surface area contributed by atoms with Gasteiger partial charge in [-0.25, -0.2) is 9.07 Å². The summed E-state index contributed by atoms with van der Waals surface area (Å²) in [7, 11) is 0. The molecular formula is C23H20FN5O3. The average Bonchev–Trinajstić information content (AvgIpc) is 3.14. The molecule has 2 aromatic carbocycles. The van der Waals surface area contributed by atoms with Crippen LogP contribution >= 0.6 is 0 Å². The Kier molecular flexibility index (Phi) is 4.54. The molecule has 0 unspecified atom stereocenters. The number of hydrogen-bond acceptors (Lipinski definition) is 4. The van der Waals surface area contributed by atoms with Crippen molar-refractivity contribution in [1.82, 2.24) is 9.78 Å². The number of amides is 3. The fraction of sp³-hybridized carbons (Fsp3) is 0.217. The number of fused-ring (bicyclic) bond motifs is 1. The summed E-state index contributed by atoms with van der Waals surface area (Å²) in [5.41, 5.74) is 8.61. The zero-order valence-electron chi connectivity index (χ0n) is 17.3. The van der Waals surface area contributed by atoms with Crippen LogP contribution in [0.15, 0.2) is 42.5 Å². The van der Waals surface area contributed by atoms with Gasteiger partial charge in [0.15, 0.2) is 5.69 Å². The van der Waals surface area contributed by atoms with Crippen molar-refractivity contribution in [2.45, 2.75) is 19.8 Å². The number of aryl methyl sites for hydroxylation is 1. The summed E-state index contributed by atoms with van der Waals surface area (Å²) in [6.07, 6.45) is 0.918. The summed E-state index contributed by atoms with van der Waals surface area (Å²) < 4.78 is 15.4. The molecule has 9 heteroatoms. The summed E-state index contributed by atoms with van der Waals surface area (Å²) in [6, 6.07) is 11.5. The summed E-state index contributed by atoms with van der Waals surface area (Å²) in [5.74, 6) is -1.50. The van der Waals surface area contributed by atoms with Gasteiger partial charge in [0.1, 0.15) is 11.5 Å². The van der Waals surface area contributed by atoms with E-state index >= 15 is 0 Å². The number of benzene rings is 2. The summed E-state index contributed by atoms with van der Waals surface area (Å²) >= 11 is 0. The van der Waals surface area contributed by atoms with Crippen molar-refractivity contribution in [2.24, 2.45) is 5.73 Å². The number of carbonyl (C=O) groups excluding carboxylic acids is 3. The molecule has 0 spiro atoms. The molecule has 162 valence electrons. The van der Waals surface area contributed by atoms with Crippen molar-refractivity contribution in [3.8, 4) is 5.69 Å². The van der Waals surface area contributed by atoms with Gasteiger partial charge in [0.05, 0.1) is 5.69 Å². The van der Waals surface area contributed by atoms with Gasteiger partial charge < -0.3 is 15.5 Å². The van der Waals surface area contributed by atoms with Crippen LogP contribution in [0.25, 0.3) is 5.69 Å². The number of rotatable bonds is 4. The van der Waals surface area contributed by atoms with E-state index < -0.39 is 11.7 Å². The lowest BCUT2D eigenvalue weighted by Gasteiger charge is -2.32. The molecule has 0 saturated carbocycles. The molecule has 0 bridgehead atoms. The van der Waals surface area contributed by atoms with Gasteiger partial charge in [-0.15, -0.1) is 0 Å². The molecule has 1 saturated heterocycles. The van der Waals surface area contributed by atoms with Crippen LogP contribution in [0.1, 0.15) is 38.5 Å². The number of halogens is 1. The van der Waals surface area contributed by atoms with Gasteiger partial charge in [-0.1, -0.05) is 0 Å². The third-order valence-corrected chi connectivity index (χ3v) is 5.84. The Morgan fingerprint density at radius 1 is 0.969 bits per heavy atom. The standard InChI is InChI=1S/C23H20FN5O3/c1-13-10-14(24)12-17(11-13)29-21-18(20(26-29)22(25)31)6-8-28(23(21)32)16-4-2-15(3-5-16)27-9-7-19(27)30/h2-5,10-12H,6-9H2,1H3,(H2,25,31). The first-order valence-electron chi connectivity index (χ1n) is 10.2. The van der Waals surface area contributed by atoms with Crippen LogP contribution in [0.4, 0.5) is 15.8 Å². The largest absolute Gasteiger partial charge is 0.364 e. The molecular weight excluding hydrogens is 413 g/mol. The van der Waals surface area contributed by atoms with E-state index in [0.717, 1.165) is 5.69 Å². The number of nitrogens with zero attached hydrogens (tertiary/aromatic N) is 4. The molecule has 8 nitrogen and oxygen atoms in total. The third-order valence-electron chi connectivity index (χ3n) is 5.84. The minimum Gasteiger partial charge on any atom is -0.364 e. The van der Waals surface area contributed by atoms with Crippen LogP contribution in [0, 0.1) is 12.7 Å². The van der Waals surface area contributed by atoms with Crippen LogP contribution < -0.4 is 15.5 Å². The maximum atomic E-state index is 14.1. The number of carbonyl (C=O) groups is 3. The van der Waals surface area contributed by atoms with E-state index in [-0.39, 0.29) is 23.2 Å². The number of aromatic nitrogens is 2. The van der Waals surface area contributed by atoms with E-state index in [9.17, 15) is 18.8 Å². The fourth-order valence-electron chi connectivity index (χ4n) is 4.23. The molecule has 3 amide bonds. The van der Waals surface area contributed by atoms with Crippen molar-refractivity contribution in [3.63, 3.8) is 0 Å². The molecule has 0 atom stereocenters. The van der Waals surface area contributed by atoms with Gasteiger partial charge in [-0.3, -0.25) is 14.4 Å². The van der Waals surface area contributed by atoms with Crippen molar-refractivity contribution in [3.05, 3.63) is 70.8 Å². The minimum absolute atomic E-state index is 0.0153. The second kappa shape index (κ2) is 7.30. The van der Waals surface area contributed by atoms with E-state index in [1.165, 1.54) is 16.8 Å². The Morgan fingerprint density at radius 3 is 2.19 bits per heavy atom. The molecule has 3 heterocycles. The van der Waals surface area contributed by atoms with Crippen molar-refractivity contribution in [2.75, 3.05) is 22.9 Å². The van der Waals surface area contributed by atoms with Gasteiger partial charge >= 0.3 is 0 Å². The highest BCUT2D eigenvalue weighted by atomic mass is 19.1. The molecule has 2 aliphatic heterocycles. The maximum absolute atomic E-state index is 14.1. The normalized spacial score (nSPS) is 15.6. The molecule has 5 rings (SSSR count). The van der Waals surface area contributed by atoms with Crippen LogP contribution in [0.3, 0.4) is 0 Å². The number of hydrogen-bond donors (Lipinski definition) is 1. The Labute approximate surface area is 183 Å². The van der Waals surface area contributed by atoms with Gasteiger partial charge in [-0.05, 0) is 61.4 Å². The maximum Gasteiger partial charge on any atom is 0.277 e. The zero-order chi connectivity index (χ0) is 22.6.